The second kappa shape index (κ2) is 4.30. The second-order valence-corrected chi connectivity index (χ2v) is 4.49. The van der Waals surface area contributed by atoms with Gasteiger partial charge in [-0.05, 0) is 24.6 Å². The average molecular weight is 250 g/mol. The van der Waals surface area contributed by atoms with Gasteiger partial charge in [0.2, 0.25) is 0 Å². The molecule has 0 aromatic heterocycles. The minimum atomic E-state index is -1.37. The number of rotatable bonds is 2. The molecule has 1 aliphatic rings. The Labute approximate surface area is 104 Å². The molecule has 96 valence electrons. The van der Waals surface area contributed by atoms with E-state index >= 15 is 0 Å². The lowest BCUT2D eigenvalue weighted by Gasteiger charge is -2.20. The Bertz CT molecular complexity index is 503. The third-order valence-corrected chi connectivity index (χ3v) is 3.11. The van der Waals surface area contributed by atoms with Crippen LogP contribution in [0.4, 0.5) is 0 Å². The summed E-state index contributed by atoms with van der Waals surface area (Å²) in [5.41, 5.74) is 4.65. The van der Waals surface area contributed by atoms with Gasteiger partial charge in [0.1, 0.15) is 11.3 Å². The van der Waals surface area contributed by atoms with Gasteiger partial charge < -0.3 is 20.8 Å². The van der Waals surface area contributed by atoms with Crippen molar-refractivity contribution < 1.29 is 19.8 Å². The summed E-state index contributed by atoms with van der Waals surface area (Å²) in [5.74, 6) is -1.43. The zero-order valence-electron chi connectivity index (χ0n) is 9.67. The molecular formula is C12H14N2O4. The smallest absolute Gasteiger partial charge is 0.325 e. The molecule has 0 radical (unpaired) electrons. The van der Waals surface area contributed by atoms with Crippen molar-refractivity contribution in [3.8, 4) is 5.75 Å². The van der Waals surface area contributed by atoms with Crippen LogP contribution in [0.3, 0.4) is 0 Å². The Hall–Kier alpha value is -2.08. The zero-order chi connectivity index (χ0) is 13.3. The van der Waals surface area contributed by atoms with Crippen LogP contribution in [0, 0.1) is 0 Å². The predicted molar refractivity (Wildman–Crippen MR) is 63.2 cm³/mol. The maximum Gasteiger partial charge on any atom is 0.325 e. The Morgan fingerprint density at radius 1 is 1.39 bits per heavy atom. The van der Waals surface area contributed by atoms with Gasteiger partial charge in [-0.2, -0.15) is 0 Å². The van der Waals surface area contributed by atoms with E-state index in [0.717, 1.165) is 0 Å². The van der Waals surface area contributed by atoms with Crippen LogP contribution in [0.5, 0.6) is 5.75 Å². The molecule has 6 heteroatoms. The number of phenolic OH excluding ortho intramolecular Hbond substituents is 1. The van der Waals surface area contributed by atoms with Crippen molar-refractivity contribution in [3.05, 3.63) is 29.8 Å². The summed E-state index contributed by atoms with van der Waals surface area (Å²) < 4.78 is 0. The van der Waals surface area contributed by atoms with Crippen LogP contribution in [-0.2, 0) is 4.79 Å². The lowest BCUT2D eigenvalue weighted by atomic mass is 10.0. The van der Waals surface area contributed by atoms with E-state index in [2.05, 4.69) is 0 Å². The molecule has 0 spiro atoms. The van der Waals surface area contributed by atoms with Crippen molar-refractivity contribution in [3.63, 3.8) is 0 Å². The van der Waals surface area contributed by atoms with Gasteiger partial charge in [0.25, 0.3) is 5.91 Å². The molecule has 1 atom stereocenters. The molecule has 0 bridgehead atoms. The Morgan fingerprint density at radius 2 is 2.11 bits per heavy atom. The van der Waals surface area contributed by atoms with E-state index in [-0.39, 0.29) is 24.6 Å². The van der Waals surface area contributed by atoms with E-state index < -0.39 is 11.5 Å². The number of nitrogens with two attached hydrogens (primary N) is 1. The molecular weight excluding hydrogens is 236 g/mol. The van der Waals surface area contributed by atoms with Crippen molar-refractivity contribution >= 4 is 11.9 Å². The molecule has 1 aromatic carbocycles. The first-order valence-electron chi connectivity index (χ1n) is 5.53. The van der Waals surface area contributed by atoms with Gasteiger partial charge in [0.05, 0.1) is 0 Å². The van der Waals surface area contributed by atoms with E-state index in [9.17, 15) is 14.7 Å². The summed E-state index contributed by atoms with van der Waals surface area (Å²) in [6.07, 6.45) is 0.229. The van der Waals surface area contributed by atoms with E-state index in [1.807, 2.05) is 0 Å². The minimum Gasteiger partial charge on any atom is -0.508 e. The number of aliphatic carboxylic acids is 1. The van der Waals surface area contributed by atoms with Crippen LogP contribution in [0.15, 0.2) is 24.3 Å². The van der Waals surface area contributed by atoms with Crippen LogP contribution >= 0.6 is 0 Å². The number of carbonyl (C=O) groups is 2. The topological polar surface area (TPSA) is 104 Å². The Kier molecular flexibility index (Phi) is 2.96. The maximum absolute atomic E-state index is 12.1. The Morgan fingerprint density at radius 3 is 2.67 bits per heavy atom. The van der Waals surface area contributed by atoms with Crippen LogP contribution in [-0.4, -0.2) is 45.6 Å². The molecule has 1 aromatic rings. The first kappa shape index (κ1) is 12.4. The fraction of sp³-hybridized carbons (Fsp3) is 0.333. The third kappa shape index (κ3) is 2.14. The zero-order valence-corrected chi connectivity index (χ0v) is 9.67. The first-order valence-corrected chi connectivity index (χ1v) is 5.53. The van der Waals surface area contributed by atoms with Crippen molar-refractivity contribution in [1.82, 2.24) is 4.90 Å². The van der Waals surface area contributed by atoms with Gasteiger partial charge in [-0.3, -0.25) is 9.59 Å². The largest absolute Gasteiger partial charge is 0.508 e. The summed E-state index contributed by atoms with van der Waals surface area (Å²) in [6.45, 7) is 0.286. The van der Waals surface area contributed by atoms with Crippen molar-refractivity contribution in [1.29, 1.82) is 0 Å². The van der Waals surface area contributed by atoms with Crippen LogP contribution in [0.1, 0.15) is 16.8 Å². The summed E-state index contributed by atoms with van der Waals surface area (Å²) in [6, 6.07) is 5.94. The van der Waals surface area contributed by atoms with E-state index in [4.69, 9.17) is 10.8 Å². The standard InChI is InChI=1S/C12H14N2O4/c13-12(11(17)18)4-5-14(7-12)10(16)8-2-1-3-9(15)6-8/h1-3,6,15H,4-5,7,13H2,(H,17,18). The highest BCUT2D eigenvalue weighted by Gasteiger charge is 2.43. The summed E-state index contributed by atoms with van der Waals surface area (Å²) in [7, 11) is 0. The summed E-state index contributed by atoms with van der Waals surface area (Å²) >= 11 is 0. The first-order chi connectivity index (χ1) is 8.42. The van der Waals surface area contributed by atoms with Crippen molar-refractivity contribution in [2.24, 2.45) is 5.73 Å². The molecule has 18 heavy (non-hydrogen) atoms. The highest BCUT2D eigenvalue weighted by Crippen LogP contribution is 2.22. The lowest BCUT2D eigenvalue weighted by molar-refractivity contribution is -0.142. The summed E-state index contributed by atoms with van der Waals surface area (Å²) in [4.78, 5) is 24.4. The monoisotopic (exact) mass is 250 g/mol. The molecule has 1 heterocycles. The molecule has 2 rings (SSSR count). The molecule has 1 fully saturated rings. The second-order valence-electron chi connectivity index (χ2n) is 4.49. The predicted octanol–water partition coefficient (Wildman–Crippen LogP) is 0.0202. The van der Waals surface area contributed by atoms with Gasteiger partial charge in [0, 0.05) is 18.7 Å². The molecule has 1 amide bonds. The molecule has 1 aliphatic heterocycles. The minimum absolute atomic E-state index is 0.00251. The normalized spacial score (nSPS) is 23.1. The van der Waals surface area contributed by atoms with Gasteiger partial charge >= 0.3 is 5.97 Å². The van der Waals surface area contributed by atoms with Gasteiger partial charge in [-0.15, -0.1) is 0 Å². The highest BCUT2D eigenvalue weighted by molar-refractivity contribution is 5.95. The fourth-order valence-electron chi connectivity index (χ4n) is 2.00. The van der Waals surface area contributed by atoms with Crippen LogP contribution < -0.4 is 5.73 Å². The lowest BCUT2D eigenvalue weighted by Crippen LogP contribution is -2.50. The van der Waals surface area contributed by atoms with Gasteiger partial charge in [-0.25, -0.2) is 0 Å². The van der Waals surface area contributed by atoms with Crippen LogP contribution in [0.25, 0.3) is 0 Å². The number of benzene rings is 1. The number of hydrogen-bond acceptors (Lipinski definition) is 4. The number of amides is 1. The number of carboxylic acid groups (broad SMARTS) is 1. The molecule has 0 aliphatic carbocycles. The van der Waals surface area contributed by atoms with Gasteiger partial charge in [0.15, 0.2) is 0 Å². The van der Waals surface area contributed by atoms with E-state index in [1.165, 1.54) is 17.0 Å². The molecule has 6 nitrogen and oxygen atoms in total. The van der Waals surface area contributed by atoms with Gasteiger partial charge in [-0.1, -0.05) is 6.07 Å². The SMILES string of the molecule is NC1(C(=O)O)CCN(C(=O)c2cccc(O)c2)C1. The Balaban J connectivity index is 2.15. The maximum atomic E-state index is 12.1. The molecule has 1 saturated heterocycles. The molecule has 1 unspecified atom stereocenters. The number of carbonyl (C=O) groups excluding carboxylic acids is 1. The average Bonchev–Trinajstić information content (AvgIpc) is 2.72. The number of nitrogens with zero attached hydrogens (tertiary/aromatic N) is 1. The summed E-state index contributed by atoms with van der Waals surface area (Å²) in [5, 5.41) is 18.3. The molecule has 4 N–H and O–H groups in total. The number of likely N-dealkylation sites (tertiary alicyclic amines) is 1. The van der Waals surface area contributed by atoms with Crippen LogP contribution in [0.2, 0.25) is 0 Å². The van der Waals surface area contributed by atoms with Crippen molar-refractivity contribution in [2.75, 3.05) is 13.1 Å². The number of aromatic hydroxyl groups is 1. The fourth-order valence-corrected chi connectivity index (χ4v) is 2.00. The van der Waals surface area contributed by atoms with E-state index in [1.54, 1.807) is 12.1 Å². The number of hydrogen-bond donors (Lipinski definition) is 3. The highest BCUT2D eigenvalue weighted by atomic mass is 16.4. The molecule has 0 saturated carbocycles. The van der Waals surface area contributed by atoms with Crippen molar-refractivity contribution in [2.45, 2.75) is 12.0 Å². The number of phenols is 1. The third-order valence-electron chi connectivity index (χ3n) is 3.11. The van der Waals surface area contributed by atoms with E-state index in [0.29, 0.717) is 12.1 Å². The number of carboxylic acids is 1. The quantitative estimate of drug-likeness (QED) is 0.686.